The van der Waals surface area contributed by atoms with Crippen molar-refractivity contribution in [1.29, 1.82) is 0 Å². The molecule has 25 heavy (non-hydrogen) atoms. The molecule has 3 aromatic rings. The zero-order valence-electron chi connectivity index (χ0n) is 14.1. The van der Waals surface area contributed by atoms with Gasteiger partial charge in [0.05, 0.1) is 11.0 Å². The molecule has 0 unspecified atom stereocenters. The number of imidazole rings is 1. The Morgan fingerprint density at radius 1 is 1.32 bits per heavy atom. The molecule has 5 heteroatoms. The zero-order valence-corrected chi connectivity index (χ0v) is 14.1. The third-order valence-corrected chi connectivity index (χ3v) is 4.81. The van der Waals surface area contributed by atoms with E-state index in [1.54, 1.807) is 12.1 Å². The molecule has 1 aliphatic rings. The Labute approximate surface area is 145 Å². The van der Waals surface area contributed by atoms with Gasteiger partial charge in [0.1, 0.15) is 11.6 Å². The predicted molar refractivity (Wildman–Crippen MR) is 94.8 cm³/mol. The second-order valence-corrected chi connectivity index (χ2v) is 6.79. The third-order valence-electron chi connectivity index (χ3n) is 4.81. The molecule has 0 radical (unpaired) electrons. The van der Waals surface area contributed by atoms with E-state index in [2.05, 4.69) is 16.8 Å². The number of halogens is 1. The Hall–Kier alpha value is -2.69. The van der Waals surface area contributed by atoms with E-state index in [9.17, 15) is 9.18 Å². The first-order valence-electron chi connectivity index (χ1n) is 8.62. The lowest BCUT2D eigenvalue weighted by Crippen LogP contribution is -2.22. The van der Waals surface area contributed by atoms with Crippen LogP contribution in [0.5, 0.6) is 0 Å². The van der Waals surface area contributed by atoms with Gasteiger partial charge in [-0.25, -0.2) is 9.37 Å². The summed E-state index contributed by atoms with van der Waals surface area (Å²) in [6.45, 7) is 3.53. The van der Waals surface area contributed by atoms with Crippen LogP contribution in [0.2, 0.25) is 0 Å². The van der Waals surface area contributed by atoms with E-state index in [-0.39, 0.29) is 11.7 Å². The first-order chi connectivity index (χ1) is 12.1. The molecule has 1 amide bonds. The second kappa shape index (κ2) is 6.31. The minimum absolute atomic E-state index is 0.175. The van der Waals surface area contributed by atoms with Gasteiger partial charge in [-0.1, -0.05) is 19.1 Å². The summed E-state index contributed by atoms with van der Waals surface area (Å²) >= 11 is 0. The number of amides is 1. The lowest BCUT2D eigenvalue weighted by Gasteiger charge is -2.19. The highest BCUT2D eigenvalue weighted by Gasteiger charge is 2.19. The number of nitrogens with zero attached hydrogens (tertiary/aromatic N) is 2. The van der Waals surface area contributed by atoms with Crippen LogP contribution in [0.1, 0.15) is 35.1 Å². The molecule has 1 atom stereocenters. The lowest BCUT2D eigenvalue weighted by atomic mass is 10.0. The summed E-state index contributed by atoms with van der Waals surface area (Å²) in [5, 5.41) is 2.84. The fourth-order valence-electron chi connectivity index (χ4n) is 3.42. The maximum atomic E-state index is 13.2. The van der Waals surface area contributed by atoms with Crippen LogP contribution >= 0.6 is 0 Å². The van der Waals surface area contributed by atoms with Crippen molar-refractivity contribution < 1.29 is 9.18 Å². The number of benzene rings is 2. The van der Waals surface area contributed by atoms with E-state index in [1.807, 2.05) is 18.2 Å². The quantitative estimate of drug-likeness (QED) is 0.792. The number of hydrogen-bond donors (Lipinski definition) is 1. The fraction of sp³-hybridized carbons (Fsp3) is 0.300. The van der Waals surface area contributed by atoms with Gasteiger partial charge in [-0.15, -0.1) is 0 Å². The van der Waals surface area contributed by atoms with Gasteiger partial charge in [-0.2, -0.15) is 0 Å². The summed E-state index contributed by atoms with van der Waals surface area (Å²) in [6.07, 6.45) is 2.14. The van der Waals surface area contributed by atoms with E-state index in [4.69, 9.17) is 4.98 Å². The van der Waals surface area contributed by atoms with E-state index in [0.717, 1.165) is 41.8 Å². The first-order valence-corrected chi connectivity index (χ1v) is 8.62. The molecule has 1 aromatic heterocycles. The summed E-state index contributed by atoms with van der Waals surface area (Å²) in [4.78, 5) is 17.1. The number of nitrogens with one attached hydrogen (secondary N) is 1. The van der Waals surface area contributed by atoms with Gasteiger partial charge in [0, 0.05) is 25.1 Å². The summed E-state index contributed by atoms with van der Waals surface area (Å²) in [5.74, 6) is 1.28. The highest BCUT2D eigenvalue weighted by molar-refractivity contribution is 5.97. The van der Waals surface area contributed by atoms with Gasteiger partial charge in [-0.05, 0) is 48.2 Å². The van der Waals surface area contributed by atoms with Crippen LogP contribution in [-0.2, 0) is 19.5 Å². The SMILES string of the molecule is C[C@H]1CCn2c(nc3cc(C(=O)NCc4cccc(F)c4)ccc32)C1. The number of carbonyl (C=O) groups excluding carboxylic acids is 1. The monoisotopic (exact) mass is 337 g/mol. The normalized spacial score (nSPS) is 16.6. The smallest absolute Gasteiger partial charge is 0.251 e. The second-order valence-electron chi connectivity index (χ2n) is 6.79. The molecule has 0 fully saturated rings. The number of fused-ring (bicyclic) bond motifs is 3. The summed E-state index contributed by atoms with van der Waals surface area (Å²) in [5.41, 5.74) is 3.26. The van der Waals surface area contributed by atoms with Crippen LogP contribution in [0.3, 0.4) is 0 Å². The van der Waals surface area contributed by atoms with Crippen LogP contribution in [-0.4, -0.2) is 15.5 Å². The van der Waals surface area contributed by atoms with Crippen LogP contribution in [0.15, 0.2) is 42.5 Å². The van der Waals surface area contributed by atoms with Crippen molar-refractivity contribution in [2.24, 2.45) is 5.92 Å². The standard InChI is InChI=1S/C20H20FN3O/c1-13-7-8-24-18-6-5-15(11-17(18)23-19(24)9-13)20(25)22-12-14-3-2-4-16(21)10-14/h2-6,10-11,13H,7-9,12H2,1H3,(H,22,25)/t13-/m0/s1. The average molecular weight is 337 g/mol. The number of hydrogen-bond acceptors (Lipinski definition) is 2. The highest BCUT2D eigenvalue weighted by Crippen LogP contribution is 2.25. The van der Waals surface area contributed by atoms with Crippen molar-refractivity contribution in [3.63, 3.8) is 0 Å². The highest BCUT2D eigenvalue weighted by atomic mass is 19.1. The molecular weight excluding hydrogens is 317 g/mol. The third kappa shape index (κ3) is 3.14. The summed E-state index contributed by atoms with van der Waals surface area (Å²) < 4.78 is 15.5. The number of rotatable bonds is 3. The molecule has 0 saturated heterocycles. The van der Waals surface area contributed by atoms with Gasteiger partial charge in [0.2, 0.25) is 0 Å². The number of aromatic nitrogens is 2. The number of aryl methyl sites for hydroxylation is 1. The Morgan fingerprint density at radius 3 is 3.04 bits per heavy atom. The Balaban J connectivity index is 1.54. The Bertz CT molecular complexity index is 947. The van der Waals surface area contributed by atoms with Crippen molar-refractivity contribution in [3.05, 3.63) is 65.2 Å². The fourth-order valence-corrected chi connectivity index (χ4v) is 3.42. The van der Waals surface area contributed by atoms with Crippen molar-refractivity contribution >= 4 is 16.9 Å². The topological polar surface area (TPSA) is 46.9 Å². The van der Waals surface area contributed by atoms with E-state index >= 15 is 0 Å². The van der Waals surface area contributed by atoms with Gasteiger partial charge in [0.25, 0.3) is 5.91 Å². The van der Waals surface area contributed by atoms with Gasteiger partial charge in [-0.3, -0.25) is 4.79 Å². The first kappa shape index (κ1) is 15.8. The van der Waals surface area contributed by atoms with Crippen molar-refractivity contribution in [2.45, 2.75) is 32.9 Å². The molecule has 0 spiro atoms. The van der Waals surface area contributed by atoms with Gasteiger partial charge >= 0.3 is 0 Å². The van der Waals surface area contributed by atoms with Gasteiger partial charge < -0.3 is 9.88 Å². The van der Waals surface area contributed by atoms with Crippen molar-refractivity contribution in [2.75, 3.05) is 0 Å². The van der Waals surface area contributed by atoms with E-state index in [0.29, 0.717) is 18.0 Å². The van der Waals surface area contributed by atoms with Crippen molar-refractivity contribution in [3.8, 4) is 0 Å². The summed E-state index contributed by atoms with van der Waals surface area (Å²) in [7, 11) is 0. The molecule has 0 aliphatic carbocycles. The van der Waals surface area contributed by atoms with Crippen LogP contribution in [0.4, 0.5) is 4.39 Å². The minimum Gasteiger partial charge on any atom is -0.348 e. The zero-order chi connectivity index (χ0) is 17.4. The molecule has 2 aromatic carbocycles. The molecule has 1 aliphatic heterocycles. The molecule has 4 rings (SSSR count). The minimum atomic E-state index is -0.300. The van der Waals surface area contributed by atoms with Crippen LogP contribution in [0, 0.1) is 11.7 Å². The molecule has 128 valence electrons. The van der Waals surface area contributed by atoms with E-state index < -0.39 is 0 Å². The van der Waals surface area contributed by atoms with Crippen LogP contribution < -0.4 is 5.32 Å². The molecule has 4 nitrogen and oxygen atoms in total. The van der Waals surface area contributed by atoms with Gasteiger partial charge in [0.15, 0.2) is 0 Å². The Morgan fingerprint density at radius 2 is 2.20 bits per heavy atom. The molecular formula is C20H20FN3O. The molecule has 2 heterocycles. The average Bonchev–Trinajstić information content (AvgIpc) is 2.96. The maximum Gasteiger partial charge on any atom is 0.251 e. The molecule has 0 saturated carbocycles. The van der Waals surface area contributed by atoms with E-state index in [1.165, 1.54) is 12.1 Å². The predicted octanol–water partition coefficient (Wildman–Crippen LogP) is 3.69. The lowest BCUT2D eigenvalue weighted by molar-refractivity contribution is 0.0951. The van der Waals surface area contributed by atoms with Crippen LogP contribution in [0.25, 0.3) is 11.0 Å². The summed E-state index contributed by atoms with van der Waals surface area (Å²) in [6, 6.07) is 11.9. The largest absolute Gasteiger partial charge is 0.348 e. The Kier molecular flexibility index (Phi) is 3.99. The van der Waals surface area contributed by atoms with Crippen molar-refractivity contribution in [1.82, 2.24) is 14.9 Å². The molecule has 0 bridgehead atoms. The molecule has 1 N–H and O–H groups in total. The maximum absolute atomic E-state index is 13.2. The number of carbonyl (C=O) groups is 1.